The number of amides is 2. The van der Waals surface area contributed by atoms with E-state index in [2.05, 4.69) is 10.6 Å². The number of piperazine rings is 1. The molecule has 1 aliphatic heterocycles. The number of hydrogen-bond acceptors (Lipinski definition) is 3. The van der Waals surface area contributed by atoms with Crippen molar-refractivity contribution in [1.29, 1.82) is 0 Å². The van der Waals surface area contributed by atoms with Gasteiger partial charge in [0.05, 0.1) is 18.0 Å². The van der Waals surface area contributed by atoms with Crippen LogP contribution in [-0.4, -0.2) is 35.8 Å². The van der Waals surface area contributed by atoms with Crippen molar-refractivity contribution < 1.29 is 14.0 Å². The third-order valence-electron chi connectivity index (χ3n) is 5.66. The molecule has 2 N–H and O–H groups in total. The average molecular weight is 416 g/mol. The van der Waals surface area contributed by atoms with E-state index in [1.165, 1.54) is 12.1 Å². The van der Waals surface area contributed by atoms with Crippen LogP contribution in [0.15, 0.2) is 48.5 Å². The van der Waals surface area contributed by atoms with Gasteiger partial charge in [0.2, 0.25) is 11.8 Å². The smallest absolute Gasteiger partial charge is 0.237 e. The summed E-state index contributed by atoms with van der Waals surface area (Å²) in [4.78, 5) is 27.2. The Morgan fingerprint density at radius 3 is 2.69 bits per heavy atom. The molecule has 0 aromatic heterocycles. The van der Waals surface area contributed by atoms with Crippen molar-refractivity contribution in [2.75, 3.05) is 13.1 Å². The molecule has 0 spiro atoms. The van der Waals surface area contributed by atoms with E-state index in [1.54, 1.807) is 6.07 Å². The maximum absolute atomic E-state index is 13.3. The highest BCUT2D eigenvalue weighted by atomic mass is 35.5. The summed E-state index contributed by atoms with van der Waals surface area (Å²) in [5.74, 6) is -0.723. The molecule has 1 saturated heterocycles. The van der Waals surface area contributed by atoms with E-state index < -0.39 is 11.9 Å². The minimum absolute atomic E-state index is 0.0687. The Hall–Kier alpha value is -2.44. The lowest BCUT2D eigenvalue weighted by Gasteiger charge is -2.35. The highest BCUT2D eigenvalue weighted by molar-refractivity contribution is 6.31. The predicted octanol–water partition coefficient (Wildman–Crippen LogP) is 2.98. The SMILES string of the molecule is O=C(CC1C(=O)NCCN1Cc1ccc(F)cc1Cl)NC1(c2ccccc2)CC1. The summed E-state index contributed by atoms with van der Waals surface area (Å²) in [6.45, 7) is 1.49. The number of nitrogens with zero attached hydrogens (tertiary/aromatic N) is 1. The Morgan fingerprint density at radius 1 is 1.24 bits per heavy atom. The van der Waals surface area contributed by atoms with Gasteiger partial charge in [0.15, 0.2) is 0 Å². The summed E-state index contributed by atoms with van der Waals surface area (Å²) in [5.41, 5.74) is 1.52. The summed E-state index contributed by atoms with van der Waals surface area (Å²) >= 11 is 6.16. The third-order valence-corrected chi connectivity index (χ3v) is 6.02. The highest BCUT2D eigenvalue weighted by Gasteiger charge is 2.46. The number of hydrogen-bond donors (Lipinski definition) is 2. The first-order chi connectivity index (χ1) is 14.0. The molecule has 1 aliphatic carbocycles. The first kappa shape index (κ1) is 19.9. The van der Waals surface area contributed by atoms with Crippen LogP contribution < -0.4 is 10.6 Å². The quantitative estimate of drug-likeness (QED) is 0.762. The molecule has 2 amide bonds. The van der Waals surface area contributed by atoms with Crippen molar-refractivity contribution in [3.63, 3.8) is 0 Å². The summed E-state index contributed by atoms with van der Waals surface area (Å²) in [7, 11) is 0. The maximum Gasteiger partial charge on any atom is 0.237 e. The van der Waals surface area contributed by atoms with Gasteiger partial charge in [0.25, 0.3) is 0 Å². The monoisotopic (exact) mass is 415 g/mol. The van der Waals surface area contributed by atoms with Crippen LogP contribution in [0, 0.1) is 5.82 Å². The zero-order valence-corrected chi connectivity index (χ0v) is 16.7. The first-order valence-corrected chi connectivity index (χ1v) is 10.2. The molecule has 1 heterocycles. The zero-order chi connectivity index (χ0) is 20.4. The van der Waals surface area contributed by atoms with Crippen LogP contribution in [0.25, 0.3) is 0 Å². The van der Waals surface area contributed by atoms with Crippen molar-refractivity contribution >= 4 is 23.4 Å². The van der Waals surface area contributed by atoms with Gasteiger partial charge in [-0.05, 0) is 36.1 Å². The van der Waals surface area contributed by atoms with Crippen LogP contribution in [0.4, 0.5) is 4.39 Å². The molecule has 2 aromatic rings. The van der Waals surface area contributed by atoms with Crippen LogP contribution in [0.1, 0.15) is 30.4 Å². The van der Waals surface area contributed by atoms with Crippen LogP contribution in [0.2, 0.25) is 5.02 Å². The number of rotatable bonds is 6. The Balaban J connectivity index is 1.45. The lowest BCUT2D eigenvalue weighted by molar-refractivity contribution is -0.134. The van der Waals surface area contributed by atoms with Gasteiger partial charge < -0.3 is 10.6 Å². The molecular weight excluding hydrogens is 393 g/mol. The van der Waals surface area contributed by atoms with E-state index in [9.17, 15) is 14.0 Å². The molecule has 0 radical (unpaired) electrons. The van der Waals surface area contributed by atoms with Gasteiger partial charge >= 0.3 is 0 Å². The van der Waals surface area contributed by atoms with Crippen molar-refractivity contribution in [2.24, 2.45) is 0 Å². The van der Waals surface area contributed by atoms with E-state index in [1.807, 2.05) is 35.2 Å². The predicted molar refractivity (Wildman–Crippen MR) is 109 cm³/mol. The summed E-state index contributed by atoms with van der Waals surface area (Å²) in [6.07, 6.45) is 1.86. The van der Waals surface area contributed by atoms with Gasteiger partial charge in [0.1, 0.15) is 5.82 Å². The van der Waals surface area contributed by atoms with E-state index in [4.69, 9.17) is 11.6 Å². The summed E-state index contributed by atoms with van der Waals surface area (Å²) < 4.78 is 13.3. The second kappa shape index (κ2) is 8.13. The van der Waals surface area contributed by atoms with Crippen molar-refractivity contribution in [1.82, 2.24) is 15.5 Å². The van der Waals surface area contributed by atoms with Crippen molar-refractivity contribution in [3.05, 3.63) is 70.5 Å². The normalized spacial score (nSPS) is 20.8. The molecule has 5 nitrogen and oxygen atoms in total. The second-order valence-corrected chi connectivity index (χ2v) is 8.12. The molecule has 152 valence electrons. The molecule has 2 aromatic carbocycles. The molecular formula is C22H23ClFN3O2. The molecule has 1 atom stereocenters. The minimum Gasteiger partial charge on any atom is -0.353 e. The number of halogens is 2. The topological polar surface area (TPSA) is 61.4 Å². The van der Waals surface area contributed by atoms with Crippen molar-refractivity contribution in [3.8, 4) is 0 Å². The number of nitrogens with one attached hydrogen (secondary N) is 2. The minimum atomic E-state index is -0.587. The van der Waals surface area contributed by atoms with Crippen molar-refractivity contribution in [2.45, 2.75) is 37.4 Å². The van der Waals surface area contributed by atoms with E-state index in [0.717, 1.165) is 24.0 Å². The van der Waals surface area contributed by atoms with Crippen LogP contribution in [0.5, 0.6) is 0 Å². The van der Waals surface area contributed by atoms with E-state index >= 15 is 0 Å². The van der Waals surface area contributed by atoms with Gasteiger partial charge in [0, 0.05) is 24.7 Å². The Kier molecular flexibility index (Phi) is 5.56. The average Bonchev–Trinajstić information content (AvgIpc) is 3.48. The Morgan fingerprint density at radius 2 is 2.00 bits per heavy atom. The van der Waals surface area contributed by atoms with Crippen LogP contribution in [0.3, 0.4) is 0 Å². The fourth-order valence-electron chi connectivity index (χ4n) is 3.90. The summed E-state index contributed by atoms with van der Waals surface area (Å²) in [6, 6.07) is 13.6. The lowest BCUT2D eigenvalue weighted by Crippen LogP contribution is -2.56. The molecule has 0 bridgehead atoms. The first-order valence-electron chi connectivity index (χ1n) is 9.79. The van der Waals surface area contributed by atoms with Gasteiger partial charge in [-0.15, -0.1) is 0 Å². The number of carbonyl (C=O) groups is 2. The lowest BCUT2D eigenvalue weighted by atomic mass is 10.0. The largest absolute Gasteiger partial charge is 0.353 e. The zero-order valence-electron chi connectivity index (χ0n) is 16.0. The fourth-order valence-corrected chi connectivity index (χ4v) is 4.13. The Labute approximate surface area is 174 Å². The van der Waals surface area contributed by atoms with E-state index in [0.29, 0.717) is 24.7 Å². The van der Waals surface area contributed by atoms with Gasteiger partial charge in [-0.25, -0.2) is 4.39 Å². The van der Waals surface area contributed by atoms with Gasteiger partial charge in [-0.3, -0.25) is 14.5 Å². The van der Waals surface area contributed by atoms with E-state index in [-0.39, 0.29) is 23.8 Å². The second-order valence-electron chi connectivity index (χ2n) is 7.71. The summed E-state index contributed by atoms with van der Waals surface area (Å²) in [5, 5.41) is 6.29. The molecule has 7 heteroatoms. The maximum atomic E-state index is 13.3. The van der Waals surface area contributed by atoms with Crippen LogP contribution in [-0.2, 0) is 21.7 Å². The Bertz CT molecular complexity index is 918. The molecule has 1 saturated carbocycles. The molecule has 29 heavy (non-hydrogen) atoms. The van der Waals surface area contributed by atoms with Gasteiger partial charge in [-0.2, -0.15) is 0 Å². The number of benzene rings is 2. The molecule has 2 fully saturated rings. The number of carbonyl (C=O) groups excluding carboxylic acids is 2. The standard InChI is InChI=1S/C22H23ClFN3O2/c23-18-12-17(24)7-6-15(18)14-27-11-10-25-21(29)19(27)13-20(28)26-22(8-9-22)16-4-2-1-3-5-16/h1-7,12,19H,8-11,13-14H2,(H,25,29)(H,26,28). The van der Waals surface area contributed by atoms with Gasteiger partial charge in [-0.1, -0.05) is 48.0 Å². The molecule has 2 aliphatic rings. The highest BCUT2D eigenvalue weighted by Crippen LogP contribution is 2.45. The fraction of sp³-hybridized carbons (Fsp3) is 0.364. The molecule has 4 rings (SSSR count). The third kappa shape index (κ3) is 4.43. The van der Waals surface area contributed by atoms with Crippen LogP contribution >= 0.6 is 11.6 Å². The molecule has 1 unspecified atom stereocenters.